The standard InChI is InChI=1S/C21H28O2/c1-4-13-6-8-17-16-7-5-14-11-15(22)9-10-20(14,2)19(16)18(23)12-21(13,17)3/h4,11,13,16-17,19H,1,5-10,12H2,2-3H3/t13-,16-,17-,19+,20-,21+/m0/s1. The van der Waals surface area contributed by atoms with Crippen molar-refractivity contribution in [2.45, 2.75) is 58.8 Å². The average Bonchev–Trinajstić information content (AvgIpc) is 2.83. The predicted octanol–water partition coefficient (Wildman–Crippen LogP) is 4.50. The van der Waals surface area contributed by atoms with Gasteiger partial charge in [0.1, 0.15) is 5.78 Å². The molecule has 0 aliphatic heterocycles. The first kappa shape index (κ1) is 15.4. The third kappa shape index (κ3) is 1.93. The summed E-state index contributed by atoms with van der Waals surface area (Å²) in [4.78, 5) is 25.1. The van der Waals surface area contributed by atoms with Crippen LogP contribution in [0.15, 0.2) is 24.3 Å². The molecule has 3 fully saturated rings. The zero-order chi connectivity index (χ0) is 16.4. The maximum absolute atomic E-state index is 13.2. The number of carbonyl (C=O) groups is 2. The Labute approximate surface area is 139 Å². The van der Waals surface area contributed by atoms with Crippen molar-refractivity contribution in [3.8, 4) is 0 Å². The lowest BCUT2D eigenvalue weighted by atomic mass is 9.46. The molecule has 0 bridgehead atoms. The molecular formula is C21H28O2. The van der Waals surface area contributed by atoms with E-state index in [9.17, 15) is 9.59 Å². The Balaban J connectivity index is 1.75. The molecule has 0 aromatic heterocycles. The van der Waals surface area contributed by atoms with Crippen molar-refractivity contribution < 1.29 is 9.59 Å². The molecule has 0 radical (unpaired) electrons. The second-order valence-corrected chi connectivity index (χ2v) is 8.91. The SMILES string of the molecule is C=C[C@H]1CC[C@H]2[C@@H]3CCC4=CC(=O)CC[C@]4(C)[C@H]3C(=O)C[C@]12C. The van der Waals surface area contributed by atoms with Crippen molar-refractivity contribution in [3.05, 3.63) is 24.3 Å². The lowest BCUT2D eigenvalue weighted by Gasteiger charge is -2.56. The highest BCUT2D eigenvalue weighted by Gasteiger charge is 2.61. The average molecular weight is 312 g/mol. The van der Waals surface area contributed by atoms with Crippen molar-refractivity contribution in [3.63, 3.8) is 0 Å². The molecule has 4 rings (SSSR count). The van der Waals surface area contributed by atoms with Gasteiger partial charge < -0.3 is 0 Å². The summed E-state index contributed by atoms with van der Waals surface area (Å²) in [5, 5.41) is 0. The van der Waals surface area contributed by atoms with Crippen LogP contribution in [0.25, 0.3) is 0 Å². The molecule has 0 unspecified atom stereocenters. The van der Waals surface area contributed by atoms with E-state index in [-0.39, 0.29) is 22.5 Å². The Hall–Kier alpha value is -1.18. The van der Waals surface area contributed by atoms with Gasteiger partial charge in [0.15, 0.2) is 5.78 Å². The molecule has 0 spiro atoms. The molecule has 0 aromatic rings. The monoisotopic (exact) mass is 312 g/mol. The quantitative estimate of drug-likeness (QED) is 0.668. The molecule has 0 aromatic carbocycles. The number of fused-ring (bicyclic) bond motifs is 5. The van der Waals surface area contributed by atoms with Gasteiger partial charge in [-0.15, -0.1) is 6.58 Å². The van der Waals surface area contributed by atoms with Gasteiger partial charge >= 0.3 is 0 Å². The van der Waals surface area contributed by atoms with Crippen molar-refractivity contribution in [1.82, 2.24) is 0 Å². The summed E-state index contributed by atoms with van der Waals surface area (Å²) in [6.07, 6.45) is 10.7. The number of allylic oxidation sites excluding steroid dienone is 2. The van der Waals surface area contributed by atoms with E-state index in [0.29, 0.717) is 36.4 Å². The minimum atomic E-state index is -0.0541. The molecule has 4 aliphatic carbocycles. The number of hydrogen-bond donors (Lipinski definition) is 0. The van der Waals surface area contributed by atoms with Crippen LogP contribution in [0.1, 0.15) is 58.8 Å². The van der Waals surface area contributed by atoms with Crippen LogP contribution in [0.5, 0.6) is 0 Å². The first-order valence-corrected chi connectivity index (χ1v) is 9.29. The predicted molar refractivity (Wildman–Crippen MR) is 90.8 cm³/mol. The summed E-state index contributed by atoms with van der Waals surface area (Å²) in [7, 11) is 0. The highest BCUT2D eigenvalue weighted by Crippen LogP contribution is 2.65. The Morgan fingerprint density at radius 2 is 1.96 bits per heavy atom. The first-order valence-electron chi connectivity index (χ1n) is 9.29. The van der Waals surface area contributed by atoms with Crippen LogP contribution in [0.2, 0.25) is 0 Å². The van der Waals surface area contributed by atoms with E-state index in [1.165, 1.54) is 18.4 Å². The van der Waals surface area contributed by atoms with Crippen molar-refractivity contribution >= 4 is 11.6 Å². The number of rotatable bonds is 1. The maximum atomic E-state index is 13.2. The van der Waals surface area contributed by atoms with Crippen molar-refractivity contribution in [1.29, 1.82) is 0 Å². The third-order valence-corrected chi connectivity index (χ3v) is 8.01. The summed E-state index contributed by atoms with van der Waals surface area (Å²) in [5.74, 6) is 2.54. The van der Waals surface area contributed by atoms with Crippen LogP contribution in [0, 0.1) is 34.5 Å². The summed E-state index contributed by atoms with van der Waals surface area (Å²) in [6.45, 7) is 8.64. The Morgan fingerprint density at radius 1 is 1.17 bits per heavy atom. The fraction of sp³-hybridized carbons (Fsp3) is 0.714. The number of Topliss-reactive ketones (excluding diaryl/α,β-unsaturated/α-hetero) is 1. The second-order valence-electron chi connectivity index (χ2n) is 8.91. The smallest absolute Gasteiger partial charge is 0.155 e. The molecule has 23 heavy (non-hydrogen) atoms. The van der Waals surface area contributed by atoms with Gasteiger partial charge in [-0.1, -0.05) is 25.5 Å². The molecule has 124 valence electrons. The third-order valence-electron chi connectivity index (χ3n) is 8.01. The van der Waals surface area contributed by atoms with E-state index in [0.717, 1.165) is 19.3 Å². The van der Waals surface area contributed by atoms with Gasteiger partial charge in [-0.25, -0.2) is 0 Å². The Kier molecular flexibility index (Phi) is 3.28. The first-order chi connectivity index (χ1) is 10.9. The van der Waals surface area contributed by atoms with Gasteiger partial charge in [0.05, 0.1) is 0 Å². The minimum Gasteiger partial charge on any atom is -0.299 e. The van der Waals surface area contributed by atoms with Gasteiger partial charge in [-0.05, 0) is 66.8 Å². The lowest BCUT2D eigenvalue weighted by molar-refractivity contribution is -0.145. The molecule has 6 atom stereocenters. The molecule has 0 saturated heterocycles. The highest BCUT2D eigenvalue weighted by molar-refractivity contribution is 5.93. The Morgan fingerprint density at radius 3 is 2.70 bits per heavy atom. The largest absolute Gasteiger partial charge is 0.299 e. The number of ketones is 2. The summed E-state index contributed by atoms with van der Waals surface area (Å²) in [5.41, 5.74) is 1.34. The van der Waals surface area contributed by atoms with Crippen LogP contribution >= 0.6 is 0 Å². The normalized spacial score (nSPS) is 49.0. The minimum absolute atomic E-state index is 0.0541. The van der Waals surface area contributed by atoms with Crippen LogP contribution in [-0.4, -0.2) is 11.6 Å². The number of hydrogen-bond acceptors (Lipinski definition) is 2. The zero-order valence-corrected chi connectivity index (χ0v) is 14.4. The maximum Gasteiger partial charge on any atom is 0.155 e. The van der Waals surface area contributed by atoms with Gasteiger partial charge in [0, 0.05) is 18.8 Å². The fourth-order valence-corrected chi connectivity index (χ4v) is 6.81. The molecule has 2 heteroatoms. The van der Waals surface area contributed by atoms with E-state index >= 15 is 0 Å². The molecule has 4 aliphatic rings. The molecule has 3 saturated carbocycles. The van der Waals surface area contributed by atoms with Gasteiger partial charge in [-0.2, -0.15) is 0 Å². The van der Waals surface area contributed by atoms with Gasteiger partial charge in [0.2, 0.25) is 0 Å². The van der Waals surface area contributed by atoms with Crippen LogP contribution in [-0.2, 0) is 9.59 Å². The van der Waals surface area contributed by atoms with Gasteiger partial charge in [-0.3, -0.25) is 9.59 Å². The second kappa shape index (κ2) is 4.91. The molecular weight excluding hydrogens is 284 g/mol. The molecule has 0 heterocycles. The van der Waals surface area contributed by atoms with E-state index in [1.54, 1.807) is 0 Å². The van der Waals surface area contributed by atoms with Crippen molar-refractivity contribution in [2.75, 3.05) is 0 Å². The fourth-order valence-electron chi connectivity index (χ4n) is 6.81. The number of carbonyl (C=O) groups excluding carboxylic acids is 2. The van der Waals surface area contributed by atoms with E-state index in [4.69, 9.17) is 0 Å². The van der Waals surface area contributed by atoms with Crippen LogP contribution in [0.4, 0.5) is 0 Å². The van der Waals surface area contributed by atoms with E-state index < -0.39 is 0 Å². The van der Waals surface area contributed by atoms with E-state index in [1.807, 2.05) is 6.08 Å². The summed E-state index contributed by atoms with van der Waals surface area (Å²) < 4.78 is 0. The van der Waals surface area contributed by atoms with Gasteiger partial charge in [0.25, 0.3) is 0 Å². The summed E-state index contributed by atoms with van der Waals surface area (Å²) >= 11 is 0. The zero-order valence-electron chi connectivity index (χ0n) is 14.4. The Bertz CT molecular complexity index is 615. The molecule has 0 N–H and O–H groups in total. The van der Waals surface area contributed by atoms with E-state index in [2.05, 4.69) is 26.5 Å². The topological polar surface area (TPSA) is 34.1 Å². The molecule has 2 nitrogen and oxygen atoms in total. The highest BCUT2D eigenvalue weighted by atomic mass is 16.1. The van der Waals surface area contributed by atoms with Crippen LogP contribution in [0.3, 0.4) is 0 Å². The summed E-state index contributed by atoms with van der Waals surface area (Å²) in [6, 6.07) is 0. The van der Waals surface area contributed by atoms with Crippen LogP contribution < -0.4 is 0 Å². The lowest BCUT2D eigenvalue weighted by Crippen LogP contribution is -2.54. The molecule has 0 amide bonds. The van der Waals surface area contributed by atoms with Crippen molar-refractivity contribution in [2.24, 2.45) is 34.5 Å².